The summed E-state index contributed by atoms with van der Waals surface area (Å²) in [4.78, 5) is 34.6. The zero-order valence-electron chi connectivity index (χ0n) is 11.5. The molecular weight excluding hydrogens is 292 g/mol. The van der Waals surface area contributed by atoms with Crippen LogP contribution in [0.15, 0.2) is 42.4 Å². The predicted molar refractivity (Wildman–Crippen MR) is 73.0 cm³/mol. The maximum absolute atomic E-state index is 11.7. The zero-order chi connectivity index (χ0) is 15.8. The zero-order valence-corrected chi connectivity index (χ0v) is 11.5. The Hall–Kier alpha value is -3.03. The van der Waals surface area contributed by atoms with Crippen molar-refractivity contribution in [2.24, 2.45) is 0 Å². The van der Waals surface area contributed by atoms with E-state index in [1.807, 2.05) is 0 Å². The van der Waals surface area contributed by atoms with Crippen molar-refractivity contribution in [1.82, 2.24) is 10.9 Å². The van der Waals surface area contributed by atoms with Gasteiger partial charge >= 0.3 is 5.97 Å². The first kappa shape index (κ1) is 15.4. The van der Waals surface area contributed by atoms with Crippen LogP contribution in [0.4, 0.5) is 0 Å². The van der Waals surface area contributed by atoms with Crippen LogP contribution < -0.4 is 10.9 Å². The number of amides is 2. The lowest BCUT2D eigenvalue weighted by molar-refractivity contribution is -0.149. The number of carbonyl (C=O) groups excluding carboxylic acids is 3. The Morgan fingerprint density at radius 1 is 1.09 bits per heavy atom. The Kier molecular flexibility index (Phi) is 5.36. The highest BCUT2D eigenvalue weighted by molar-refractivity contribution is 5.95. The molecule has 1 aliphatic heterocycles. The van der Waals surface area contributed by atoms with E-state index in [1.165, 1.54) is 0 Å². The lowest BCUT2D eigenvalue weighted by atomic mass is 10.2. The van der Waals surface area contributed by atoms with Crippen molar-refractivity contribution in [2.75, 3.05) is 19.8 Å². The fourth-order valence-corrected chi connectivity index (χ4v) is 1.50. The molecule has 1 aromatic carbocycles. The van der Waals surface area contributed by atoms with Crippen LogP contribution in [0, 0.1) is 0 Å². The molecule has 116 valence electrons. The van der Waals surface area contributed by atoms with Gasteiger partial charge < -0.3 is 14.2 Å². The van der Waals surface area contributed by atoms with E-state index in [0.29, 0.717) is 12.2 Å². The van der Waals surface area contributed by atoms with Gasteiger partial charge in [0.2, 0.25) is 5.76 Å². The van der Waals surface area contributed by atoms with Crippen LogP contribution in [0.25, 0.3) is 0 Å². The third-order valence-corrected chi connectivity index (χ3v) is 2.54. The van der Waals surface area contributed by atoms with Gasteiger partial charge in [-0.3, -0.25) is 20.4 Å². The van der Waals surface area contributed by atoms with Crippen molar-refractivity contribution in [1.29, 1.82) is 0 Å². The van der Waals surface area contributed by atoms with Gasteiger partial charge in [-0.05, 0) is 12.1 Å². The molecule has 0 unspecified atom stereocenters. The predicted octanol–water partition coefficient (Wildman–Crippen LogP) is -0.121. The number of benzene rings is 1. The molecule has 0 saturated heterocycles. The number of ether oxygens (including phenoxy) is 3. The van der Waals surface area contributed by atoms with Crippen molar-refractivity contribution >= 4 is 17.8 Å². The number of esters is 1. The molecule has 8 heteroatoms. The van der Waals surface area contributed by atoms with E-state index in [1.54, 1.807) is 30.3 Å². The van der Waals surface area contributed by atoms with E-state index >= 15 is 0 Å². The summed E-state index contributed by atoms with van der Waals surface area (Å²) in [6.07, 6.45) is 1.13. The summed E-state index contributed by atoms with van der Waals surface area (Å²) in [6, 6.07) is 8.33. The molecule has 0 aliphatic carbocycles. The topological polar surface area (TPSA) is 103 Å². The molecule has 0 saturated carbocycles. The molecule has 1 aliphatic rings. The summed E-state index contributed by atoms with van der Waals surface area (Å²) in [5.41, 5.74) is 4.72. The molecule has 0 atom stereocenters. The summed E-state index contributed by atoms with van der Waals surface area (Å²) >= 11 is 0. The second-order valence-electron chi connectivity index (χ2n) is 4.15. The van der Waals surface area contributed by atoms with Crippen molar-refractivity contribution in [3.05, 3.63) is 47.9 Å². The number of nitrogens with one attached hydrogen (secondary N) is 2. The Balaban J connectivity index is 1.71. The second kappa shape index (κ2) is 7.67. The highest BCUT2D eigenvalue weighted by atomic mass is 16.6. The number of hydrazine groups is 1. The SMILES string of the molecule is O=C(COC(=O)C1=COCCO1)NNC(=O)c1ccccc1. The maximum Gasteiger partial charge on any atom is 0.377 e. The van der Waals surface area contributed by atoms with Crippen LogP contribution in [-0.4, -0.2) is 37.6 Å². The van der Waals surface area contributed by atoms with Crippen LogP contribution in [0.5, 0.6) is 0 Å². The van der Waals surface area contributed by atoms with Crippen molar-refractivity contribution in [2.45, 2.75) is 0 Å². The Labute approximate surface area is 126 Å². The Morgan fingerprint density at radius 3 is 2.55 bits per heavy atom. The molecule has 0 radical (unpaired) electrons. The normalized spacial score (nSPS) is 13.0. The van der Waals surface area contributed by atoms with E-state index in [2.05, 4.69) is 10.9 Å². The van der Waals surface area contributed by atoms with E-state index in [9.17, 15) is 14.4 Å². The van der Waals surface area contributed by atoms with Crippen LogP contribution in [0.1, 0.15) is 10.4 Å². The summed E-state index contributed by atoms with van der Waals surface area (Å²) in [6.45, 7) is 0.0254. The number of hydrogen-bond acceptors (Lipinski definition) is 6. The lowest BCUT2D eigenvalue weighted by Crippen LogP contribution is -2.43. The average Bonchev–Trinajstić information content (AvgIpc) is 2.59. The molecule has 2 N–H and O–H groups in total. The van der Waals surface area contributed by atoms with Gasteiger partial charge in [0.25, 0.3) is 11.8 Å². The van der Waals surface area contributed by atoms with E-state index < -0.39 is 24.4 Å². The second-order valence-corrected chi connectivity index (χ2v) is 4.15. The Morgan fingerprint density at radius 2 is 1.86 bits per heavy atom. The number of rotatable bonds is 4. The van der Waals surface area contributed by atoms with E-state index in [0.717, 1.165) is 6.26 Å². The molecule has 0 spiro atoms. The van der Waals surface area contributed by atoms with Gasteiger partial charge in [0.05, 0.1) is 0 Å². The van der Waals surface area contributed by atoms with Crippen molar-refractivity contribution in [3.8, 4) is 0 Å². The summed E-state index contributed by atoms with van der Waals surface area (Å²) in [5, 5.41) is 0. The molecule has 2 rings (SSSR count). The quantitative estimate of drug-likeness (QED) is 0.594. The van der Waals surface area contributed by atoms with Gasteiger partial charge in [-0.2, -0.15) is 0 Å². The number of hydrogen-bond donors (Lipinski definition) is 2. The Bertz CT molecular complexity index is 584. The summed E-state index contributed by atoms with van der Waals surface area (Å²) in [5.74, 6) is -2.08. The van der Waals surface area contributed by atoms with Gasteiger partial charge in [0, 0.05) is 5.56 Å². The minimum Gasteiger partial charge on any atom is -0.493 e. The molecule has 2 amide bonds. The fourth-order valence-electron chi connectivity index (χ4n) is 1.50. The molecule has 0 bridgehead atoms. The fraction of sp³-hybridized carbons (Fsp3) is 0.214. The van der Waals surface area contributed by atoms with E-state index in [4.69, 9.17) is 14.2 Å². The molecule has 22 heavy (non-hydrogen) atoms. The van der Waals surface area contributed by atoms with Crippen LogP contribution in [0.2, 0.25) is 0 Å². The number of carbonyl (C=O) groups is 3. The first-order valence-electron chi connectivity index (χ1n) is 6.43. The third kappa shape index (κ3) is 4.51. The smallest absolute Gasteiger partial charge is 0.377 e. The van der Waals surface area contributed by atoms with Gasteiger partial charge in [-0.1, -0.05) is 18.2 Å². The van der Waals surface area contributed by atoms with Gasteiger partial charge in [0.1, 0.15) is 19.5 Å². The highest BCUT2D eigenvalue weighted by Gasteiger charge is 2.18. The van der Waals surface area contributed by atoms with Crippen LogP contribution >= 0.6 is 0 Å². The highest BCUT2D eigenvalue weighted by Crippen LogP contribution is 2.05. The largest absolute Gasteiger partial charge is 0.493 e. The molecule has 1 heterocycles. The van der Waals surface area contributed by atoms with Crippen molar-refractivity contribution < 1.29 is 28.6 Å². The van der Waals surface area contributed by atoms with Gasteiger partial charge in [0.15, 0.2) is 6.61 Å². The molecular formula is C14H14N2O6. The van der Waals surface area contributed by atoms with E-state index in [-0.39, 0.29) is 12.4 Å². The molecule has 0 aromatic heterocycles. The first-order chi connectivity index (χ1) is 10.7. The van der Waals surface area contributed by atoms with Crippen molar-refractivity contribution in [3.63, 3.8) is 0 Å². The van der Waals surface area contributed by atoms with Gasteiger partial charge in [-0.15, -0.1) is 0 Å². The molecule has 1 aromatic rings. The maximum atomic E-state index is 11.7. The minimum atomic E-state index is -0.816. The lowest BCUT2D eigenvalue weighted by Gasteiger charge is -2.14. The molecule has 0 fully saturated rings. The molecule has 8 nitrogen and oxygen atoms in total. The van der Waals surface area contributed by atoms with Crippen LogP contribution in [0.3, 0.4) is 0 Å². The summed E-state index contributed by atoms with van der Waals surface area (Å²) in [7, 11) is 0. The van der Waals surface area contributed by atoms with Crippen LogP contribution in [-0.2, 0) is 23.8 Å². The average molecular weight is 306 g/mol. The minimum absolute atomic E-state index is 0.104. The third-order valence-electron chi connectivity index (χ3n) is 2.54. The van der Waals surface area contributed by atoms with Gasteiger partial charge in [-0.25, -0.2) is 4.79 Å². The first-order valence-corrected chi connectivity index (χ1v) is 6.43. The standard InChI is InChI=1S/C14H14N2O6/c17-12(9-22-14(19)11-8-20-6-7-21-11)15-16-13(18)10-4-2-1-3-5-10/h1-5,8H,6-7,9H2,(H,15,17)(H,16,18). The monoisotopic (exact) mass is 306 g/mol. The summed E-state index contributed by atoms with van der Waals surface area (Å²) < 4.78 is 14.6.